The minimum Gasteiger partial charge on any atom is -0.493 e. The summed E-state index contributed by atoms with van der Waals surface area (Å²) in [5.74, 6) is 1.44. The van der Waals surface area contributed by atoms with Crippen molar-refractivity contribution in [2.75, 3.05) is 21.3 Å². The van der Waals surface area contributed by atoms with Crippen molar-refractivity contribution in [3.63, 3.8) is 0 Å². The second-order valence-electron chi connectivity index (χ2n) is 2.27. The van der Waals surface area contributed by atoms with Crippen molar-refractivity contribution in [2.24, 2.45) is 0 Å². The van der Waals surface area contributed by atoms with Crippen molar-refractivity contribution in [3.05, 3.63) is 18.2 Å². The maximum Gasteiger partial charge on any atom is 0.161 e. The van der Waals surface area contributed by atoms with Crippen molar-refractivity contribution in [2.45, 2.75) is 4.90 Å². The average molecular weight is 200 g/mol. The first-order valence-corrected chi connectivity index (χ1v) is 4.48. The third-order valence-corrected chi connectivity index (χ3v) is 2.15. The zero-order valence-electron chi connectivity index (χ0n) is 7.87. The molecule has 4 heteroatoms. The summed E-state index contributed by atoms with van der Waals surface area (Å²) < 4.78 is 15.1. The van der Waals surface area contributed by atoms with Crippen molar-refractivity contribution >= 4 is 12.0 Å². The van der Waals surface area contributed by atoms with Crippen molar-refractivity contribution < 1.29 is 13.7 Å². The Balaban J connectivity index is 2.91. The Morgan fingerprint density at radius 3 is 2.23 bits per heavy atom. The molecule has 1 aromatic rings. The van der Waals surface area contributed by atoms with E-state index in [-0.39, 0.29) is 0 Å². The summed E-state index contributed by atoms with van der Waals surface area (Å²) in [4.78, 5) is 0.986. The second-order valence-corrected chi connectivity index (χ2v) is 3.24. The van der Waals surface area contributed by atoms with E-state index in [9.17, 15) is 0 Å². The zero-order chi connectivity index (χ0) is 9.68. The molecule has 0 fully saturated rings. The topological polar surface area (TPSA) is 27.7 Å². The lowest BCUT2D eigenvalue weighted by molar-refractivity contribution is 0.354. The normalized spacial score (nSPS) is 9.77. The minimum absolute atomic E-state index is 0.713. The van der Waals surface area contributed by atoms with Gasteiger partial charge >= 0.3 is 0 Å². The number of methoxy groups -OCH3 is 2. The maximum atomic E-state index is 5.13. The molecule has 3 nitrogen and oxygen atoms in total. The molecule has 1 rings (SSSR count). The summed E-state index contributed by atoms with van der Waals surface area (Å²) in [7, 11) is 4.85. The summed E-state index contributed by atoms with van der Waals surface area (Å²) in [5.41, 5.74) is 0. The van der Waals surface area contributed by atoms with Crippen LogP contribution in [0.1, 0.15) is 0 Å². The first kappa shape index (κ1) is 10.2. The molecular formula is C9H12O3S. The van der Waals surface area contributed by atoms with Crippen LogP contribution in [0.3, 0.4) is 0 Å². The molecule has 0 saturated heterocycles. The standard InChI is InChI=1S/C9H12O3S/c1-10-8-5-4-7(13-12-3)6-9(8)11-2/h4-6H,1-3H3. The number of ether oxygens (including phenoxy) is 2. The molecule has 0 bridgehead atoms. The van der Waals surface area contributed by atoms with E-state index in [1.807, 2.05) is 18.2 Å². The van der Waals surface area contributed by atoms with E-state index < -0.39 is 0 Å². The number of benzene rings is 1. The van der Waals surface area contributed by atoms with Gasteiger partial charge in [-0.15, -0.1) is 0 Å². The molecule has 1 aromatic carbocycles. The van der Waals surface area contributed by atoms with Crippen molar-refractivity contribution in [1.82, 2.24) is 0 Å². The predicted octanol–water partition coefficient (Wildman–Crippen LogP) is 2.36. The Morgan fingerprint density at radius 1 is 1.00 bits per heavy atom. The molecule has 0 aliphatic carbocycles. The van der Waals surface area contributed by atoms with Crippen LogP contribution in [0.2, 0.25) is 0 Å². The largest absolute Gasteiger partial charge is 0.493 e. The second kappa shape index (κ2) is 4.99. The fourth-order valence-corrected chi connectivity index (χ4v) is 1.44. The summed E-state index contributed by atoms with van der Waals surface area (Å²) in [6.45, 7) is 0. The summed E-state index contributed by atoms with van der Waals surface area (Å²) in [6, 6.07) is 5.63. The molecule has 0 radical (unpaired) electrons. The molecule has 0 N–H and O–H groups in total. The molecule has 0 saturated carbocycles. The molecule has 0 amide bonds. The highest BCUT2D eigenvalue weighted by atomic mass is 32.2. The monoisotopic (exact) mass is 200 g/mol. The Morgan fingerprint density at radius 2 is 1.69 bits per heavy atom. The Hall–Kier alpha value is -0.870. The molecule has 72 valence electrons. The minimum atomic E-state index is 0.713. The summed E-state index contributed by atoms with van der Waals surface area (Å²) in [5, 5.41) is 0. The third kappa shape index (κ3) is 2.54. The van der Waals surface area contributed by atoms with Gasteiger partial charge in [-0.2, -0.15) is 0 Å². The highest BCUT2D eigenvalue weighted by Gasteiger charge is 2.04. The fraction of sp³-hybridized carbons (Fsp3) is 0.333. The van der Waals surface area contributed by atoms with Crippen LogP contribution in [-0.4, -0.2) is 21.3 Å². The third-order valence-electron chi connectivity index (χ3n) is 1.53. The smallest absolute Gasteiger partial charge is 0.161 e. The summed E-state index contributed by atoms with van der Waals surface area (Å²) in [6.07, 6.45) is 0. The van der Waals surface area contributed by atoms with E-state index in [0.717, 1.165) is 10.6 Å². The van der Waals surface area contributed by atoms with Gasteiger partial charge in [0.15, 0.2) is 11.5 Å². The highest BCUT2D eigenvalue weighted by molar-refractivity contribution is 7.94. The molecule has 0 unspecified atom stereocenters. The summed E-state index contributed by atoms with van der Waals surface area (Å²) >= 11 is 1.29. The van der Waals surface area contributed by atoms with Crippen LogP contribution >= 0.6 is 12.0 Å². The van der Waals surface area contributed by atoms with Gasteiger partial charge in [-0.25, -0.2) is 0 Å². The van der Waals surface area contributed by atoms with E-state index in [2.05, 4.69) is 0 Å². The fourth-order valence-electron chi connectivity index (χ4n) is 0.965. The van der Waals surface area contributed by atoms with E-state index in [0.29, 0.717) is 5.75 Å². The van der Waals surface area contributed by atoms with Crippen molar-refractivity contribution in [3.8, 4) is 11.5 Å². The first-order valence-electron chi connectivity index (χ1n) is 3.74. The van der Waals surface area contributed by atoms with Crippen LogP contribution < -0.4 is 9.47 Å². The van der Waals surface area contributed by atoms with Gasteiger partial charge in [0.05, 0.1) is 21.3 Å². The van der Waals surface area contributed by atoms with Crippen LogP contribution in [0, 0.1) is 0 Å². The van der Waals surface area contributed by atoms with Gasteiger partial charge in [0.25, 0.3) is 0 Å². The molecule has 0 heterocycles. The molecule has 13 heavy (non-hydrogen) atoms. The molecular weight excluding hydrogens is 188 g/mol. The lowest BCUT2D eigenvalue weighted by atomic mass is 10.3. The average Bonchev–Trinajstić information content (AvgIpc) is 2.18. The Kier molecular flexibility index (Phi) is 3.92. The molecule has 0 aliphatic rings. The van der Waals surface area contributed by atoms with Gasteiger partial charge in [0.2, 0.25) is 0 Å². The molecule has 0 aromatic heterocycles. The van der Waals surface area contributed by atoms with Gasteiger partial charge in [-0.05, 0) is 18.2 Å². The van der Waals surface area contributed by atoms with E-state index in [4.69, 9.17) is 13.7 Å². The van der Waals surface area contributed by atoms with Gasteiger partial charge in [-0.3, -0.25) is 0 Å². The predicted molar refractivity (Wildman–Crippen MR) is 52.4 cm³/mol. The highest BCUT2D eigenvalue weighted by Crippen LogP contribution is 2.31. The SMILES string of the molecule is COSc1ccc(OC)c(OC)c1. The van der Waals surface area contributed by atoms with Crippen LogP contribution in [0.15, 0.2) is 23.1 Å². The van der Waals surface area contributed by atoms with Crippen LogP contribution in [0.5, 0.6) is 11.5 Å². The van der Waals surface area contributed by atoms with Crippen LogP contribution in [0.4, 0.5) is 0 Å². The quantitative estimate of drug-likeness (QED) is 0.697. The van der Waals surface area contributed by atoms with Gasteiger partial charge < -0.3 is 13.7 Å². The van der Waals surface area contributed by atoms with E-state index in [1.54, 1.807) is 21.3 Å². The molecule has 0 atom stereocenters. The Labute approximate surface area is 82.2 Å². The Bertz CT molecular complexity index is 276. The first-order chi connectivity index (χ1) is 6.31. The van der Waals surface area contributed by atoms with Gasteiger partial charge in [-0.1, -0.05) is 0 Å². The zero-order valence-corrected chi connectivity index (χ0v) is 8.68. The van der Waals surface area contributed by atoms with E-state index in [1.165, 1.54) is 12.0 Å². The van der Waals surface area contributed by atoms with Gasteiger partial charge in [0, 0.05) is 16.9 Å². The lowest BCUT2D eigenvalue weighted by Crippen LogP contribution is -1.90. The molecule has 0 aliphatic heterocycles. The van der Waals surface area contributed by atoms with Gasteiger partial charge in [0.1, 0.15) is 0 Å². The van der Waals surface area contributed by atoms with Crippen LogP contribution in [-0.2, 0) is 4.18 Å². The van der Waals surface area contributed by atoms with E-state index >= 15 is 0 Å². The van der Waals surface area contributed by atoms with Crippen LogP contribution in [0.25, 0.3) is 0 Å². The number of hydrogen-bond acceptors (Lipinski definition) is 4. The lowest BCUT2D eigenvalue weighted by Gasteiger charge is -2.07. The molecule has 0 spiro atoms. The number of rotatable bonds is 4. The maximum absolute atomic E-state index is 5.13. The number of hydrogen-bond donors (Lipinski definition) is 0. The van der Waals surface area contributed by atoms with Crippen molar-refractivity contribution in [1.29, 1.82) is 0 Å².